The summed E-state index contributed by atoms with van der Waals surface area (Å²) in [4.78, 5) is 27.1. The van der Waals surface area contributed by atoms with Crippen LogP contribution in [0.3, 0.4) is 0 Å². The maximum absolute atomic E-state index is 13.1. The first-order valence-electron chi connectivity index (χ1n) is 10.6. The molecular formula is C25H34N2O4. The minimum Gasteiger partial charge on any atom is -0.497 e. The van der Waals surface area contributed by atoms with Crippen molar-refractivity contribution in [2.75, 3.05) is 20.8 Å². The number of carbonyl (C=O) groups excluding carboxylic acids is 2. The molecule has 2 aromatic rings. The maximum Gasteiger partial charge on any atom is 0.261 e. The van der Waals surface area contributed by atoms with Gasteiger partial charge in [0.2, 0.25) is 5.91 Å². The second-order valence-electron chi connectivity index (χ2n) is 8.47. The molecule has 2 rings (SSSR count). The van der Waals surface area contributed by atoms with Gasteiger partial charge in [-0.3, -0.25) is 9.59 Å². The standard InChI is InChI=1S/C25H34N2O4/c1-7-22(24(29)26-5)27(16-18-8-12-20(30-6)13-9-18)23(28)17-31-21-14-10-19(11-15-21)25(2,3)4/h8-15,22H,7,16-17H2,1-6H3,(H,26,29). The van der Waals surface area contributed by atoms with Crippen LogP contribution in [0.15, 0.2) is 48.5 Å². The van der Waals surface area contributed by atoms with E-state index in [1.165, 1.54) is 5.56 Å². The van der Waals surface area contributed by atoms with Gasteiger partial charge in [0.05, 0.1) is 7.11 Å². The summed E-state index contributed by atoms with van der Waals surface area (Å²) in [5.74, 6) is 0.922. The lowest BCUT2D eigenvalue weighted by Gasteiger charge is -2.30. The molecule has 2 aromatic carbocycles. The summed E-state index contributed by atoms with van der Waals surface area (Å²) in [5.41, 5.74) is 2.15. The van der Waals surface area contributed by atoms with Crippen LogP contribution >= 0.6 is 0 Å². The van der Waals surface area contributed by atoms with Crippen molar-refractivity contribution in [3.8, 4) is 11.5 Å². The van der Waals surface area contributed by atoms with Gasteiger partial charge in [-0.2, -0.15) is 0 Å². The topological polar surface area (TPSA) is 67.9 Å². The average Bonchev–Trinajstić information content (AvgIpc) is 2.77. The summed E-state index contributed by atoms with van der Waals surface area (Å²) in [6, 6.07) is 14.6. The van der Waals surface area contributed by atoms with Crippen molar-refractivity contribution < 1.29 is 19.1 Å². The molecule has 0 aromatic heterocycles. The summed E-state index contributed by atoms with van der Waals surface area (Å²) in [5, 5.41) is 2.66. The van der Waals surface area contributed by atoms with Crippen LogP contribution in [0.5, 0.6) is 11.5 Å². The van der Waals surface area contributed by atoms with Crippen molar-refractivity contribution in [1.82, 2.24) is 10.2 Å². The van der Waals surface area contributed by atoms with E-state index in [0.717, 1.165) is 11.3 Å². The monoisotopic (exact) mass is 426 g/mol. The number of ether oxygens (including phenoxy) is 2. The zero-order valence-corrected chi connectivity index (χ0v) is 19.4. The molecule has 0 aliphatic rings. The number of rotatable bonds is 9. The molecular weight excluding hydrogens is 392 g/mol. The Morgan fingerprint density at radius 2 is 1.58 bits per heavy atom. The Balaban J connectivity index is 2.15. The van der Waals surface area contributed by atoms with Crippen LogP contribution in [0.25, 0.3) is 0 Å². The average molecular weight is 427 g/mol. The Morgan fingerprint density at radius 1 is 1.00 bits per heavy atom. The number of likely N-dealkylation sites (N-methyl/N-ethyl adjacent to an activating group) is 1. The number of hydrogen-bond donors (Lipinski definition) is 1. The van der Waals surface area contributed by atoms with Gasteiger partial charge in [-0.05, 0) is 47.2 Å². The molecule has 1 atom stereocenters. The number of carbonyl (C=O) groups is 2. The highest BCUT2D eigenvalue weighted by molar-refractivity contribution is 5.88. The van der Waals surface area contributed by atoms with Gasteiger partial charge in [-0.1, -0.05) is 52.0 Å². The van der Waals surface area contributed by atoms with Crippen molar-refractivity contribution in [2.24, 2.45) is 0 Å². The van der Waals surface area contributed by atoms with E-state index in [-0.39, 0.29) is 23.8 Å². The van der Waals surface area contributed by atoms with Crippen LogP contribution in [-0.4, -0.2) is 43.5 Å². The Hall–Kier alpha value is -3.02. The molecule has 0 heterocycles. The number of methoxy groups -OCH3 is 1. The van der Waals surface area contributed by atoms with Crippen molar-refractivity contribution in [3.05, 3.63) is 59.7 Å². The summed E-state index contributed by atoms with van der Waals surface area (Å²) in [7, 11) is 3.18. The normalized spacial score (nSPS) is 12.1. The van der Waals surface area contributed by atoms with E-state index < -0.39 is 6.04 Å². The van der Waals surface area contributed by atoms with E-state index in [2.05, 4.69) is 26.1 Å². The van der Waals surface area contributed by atoms with Crippen LogP contribution < -0.4 is 14.8 Å². The highest BCUT2D eigenvalue weighted by Crippen LogP contribution is 2.24. The van der Waals surface area contributed by atoms with E-state index in [9.17, 15) is 9.59 Å². The van der Waals surface area contributed by atoms with Crippen LogP contribution in [0, 0.1) is 0 Å². The Kier molecular flexibility index (Phi) is 8.48. The molecule has 6 nitrogen and oxygen atoms in total. The fourth-order valence-electron chi connectivity index (χ4n) is 3.29. The Labute approximate surface area is 185 Å². The summed E-state index contributed by atoms with van der Waals surface area (Å²) >= 11 is 0. The molecule has 168 valence electrons. The molecule has 0 saturated carbocycles. The van der Waals surface area contributed by atoms with Crippen molar-refractivity contribution >= 4 is 11.8 Å². The molecule has 0 bridgehead atoms. The van der Waals surface area contributed by atoms with E-state index in [4.69, 9.17) is 9.47 Å². The van der Waals surface area contributed by atoms with E-state index >= 15 is 0 Å². The molecule has 0 spiro atoms. The fraction of sp³-hybridized carbons (Fsp3) is 0.440. The van der Waals surface area contributed by atoms with E-state index in [1.807, 2.05) is 55.5 Å². The maximum atomic E-state index is 13.1. The number of amides is 2. The molecule has 0 aliphatic heterocycles. The number of nitrogens with one attached hydrogen (secondary N) is 1. The molecule has 2 amide bonds. The highest BCUT2D eigenvalue weighted by atomic mass is 16.5. The van der Waals surface area contributed by atoms with Crippen LogP contribution in [-0.2, 0) is 21.5 Å². The van der Waals surface area contributed by atoms with Gasteiger partial charge in [0.15, 0.2) is 6.61 Å². The van der Waals surface area contributed by atoms with Gasteiger partial charge in [0.1, 0.15) is 17.5 Å². The number of benzene rings is 2. The largest absolute Gasteiger partial charge is 0.497 e. The molecule has 0 saturated heterocycles. The lowest BCUT2D eigenvalue weighted by Crippen LogP contribution is -2.49. The first kappa shape index (κ1) is 24.3. The first-order valence-corrected chi connectivity index (χ1v) is 10.6. The van der Waals surface area contributed by atoms with Gasteiger partial charge in [0, 0.05) is 13.6 Å². The second-order valence-corrected chi connectivity index (χ2v) is 8.47. The zero-order chi connectivity index (χ0) is 23.0. The van der Waals surface area contributed by atoms with Crippen molar-refractivity contribution in [3.63, 3.8) is 0 Å². The van der Waals surface area contributed by atoms with E-state index in [1.54, 1.807) is 19.1 Å². The third-order valence-electron chi connectivity index (χ3n) is 5.23. The smallest absolute Gasteiger partial charge is 0.261 e. The minimum absolute atomic E-state index is 0.0470. The second kappa shape index (κ2) is 10.8. The minimum atomic E-state index is -0.577. The quantitative estimate of drug-likeness (QED) is 0.660. The van der Waals surface area contributed by atoms with Gasteiger partial charge in [0.25, 0.3) is 5.91 Å². The Bertz CT molecular complexity index is 855. The highest BCUT2D eigenvalue weighted by Gasteiger charge is 2.28. The predicted octanol–water partition coefficient (Wildman–Crippen LogP) is 3.92. The van der Waals surface area contributed by atoms with Crippen molar-refractivity contribution in [1.29, 1.82) is 0 Å². The molecule has 0 aliphatic carbocycles. The van der Waals surface area contributed by atoms with Crippen molar-refractivity contribution in [2.45, 2.75) is 52.1 Å². The third-order valence-corrected chi connectivity index (χ3v) is 5.23. The fourth-order valence-corrected chi connectivity index (χ4v) is 3.29. The van der Waals surface area contributed by atoms with Gasteiger partial charge in [-0.25, -0.2) is 0 Å². The third kappa shape index (κ3) is 6.74. The van der Waals surface area contributed by atoms with Crippen LogP contribution in [0.1, 0.15) is 45.2 Å². The van der Waals surface area contributed by atoms with Crippen LogP contribution in [0.2, 0.25) is 0 Å². The van der Waals surface area contributed by atoms with Gasteiger partial charge in [-0.15, -0.1) is 0 Å². The molecule has 0 fully saturated rings. The SMILES string of the molecule is CCC(C(=O)NC)N(Cc1ccc(OC)cc1)C(=O)COc1ccc(C(C)(C)C)cc1. The lowest BCUT2D eigenvalue weighted by atomic mass is 9.87. The molecule has 31 heavy (non-hydrogen) atoms. The Morgan fingerprint density at radius 3 is 2.06 bits per heavy atom. The zero-order valence-electron chi connectivity index (χ0n) is 19.4. The molecule has 6 heteroatoms. The summed E-state index contributed by atoms with van der Waals surface area (Å²) in [6.45, 7) is 8.49. The van der Waals surface area contributed by atoms with Crippen LogP contribution in [0.4, 0.5) is 0 Å². The van der Waals surface area contributed by atoms with E-state index in [0.29, 0.717) is 18.7 Å². The lowest BCUT2D eigenvalue weighted by molar-refractivity contribution is -0.142. The molecule has 1 N–H and O–H groups in total. The van der Waals surface area contributed by atoms with Gasteiger partial charge >= 0.3 is 0 Å². The first-order chi connectivity index (χ1) is 14.7. The summed E-state index contributed by atoms with van der Waals surface area (Å²) < 4.78 is 11.0. The molecule has 1 unspecified atom stereocenters. The number of nitrogens with zero attached hydrogens (tertiary/aromatic N) is 1. The summed E-state index contributed by atoms with van der Waals surface area (Å²) in [6.07, 6.45) is 0.502. The molecule has 0 radical (unpaired) electrons. The number of hydrogen-bond acceptors (Lipinski definition) is 4. The predicted molar refractivity (Wildman–Crippen MR) is 122 cm³/mol. The van der Waals surface area contributed by atoms with Gasteiger partial charge < -0.3 is 19.7 Å².